The quantitative estimate of drug-likeness (QED) is 0.0905. The molecule has 2 aromatic carbocycles. The molecule has 8 N–H and O–H groups in total. The van der Waals surface area contributed by atoms with Gasteiger partial charge in [-0.1, -0.05) is 36.4 Å². The number of anilines is 1. The molecule has 39 heavy (non-hydrogen) atoms. The predicted octanol–water partition coefficient (Wildman–Crippen LogP) is 2.24. The molecular weight excluding hydrogens is 499 g/mol. The number of aliphatic imine (C=N–C) groups is 2. The standard InChI is InChI=1S/C28H31FN8O2/c1-32-18-36-37-28(39)26(17-34-14-19-2-8-24(29)9-3-19)21-6-4-20(5-7-21)25-12-22(16-35-27(25)31)23(13-30)15-33-10-11-38/h2-9,12-13,15-18,34,38H,10-11,14,30H2,1H3,(H2,31,35)(H,32,36)(H,37,39)/b23-13+,26-17-,33-15?. The van der Waals surface area contributed by atoms with Gasteiger partial charge >= 0.3 is 0 Å². The van der Waals surface area contributed by atoms with Gasteiger partial charge in [-0.05, 0) is 34.9 Å². The normalized spacial score (nSPS) is 12.2. The number of aliphatic hydroxyl groups excluding tert-OH is 1. The SMILES string of the molecule is CN=CNNC(=O)/C(=C\NCc1ccc(F)cc1)c1ccc(-c2cc(/C(C=NCCO)=C/N)cnc2N)cc1. The van der Waals surface area contributed by atoms with E-state index in [2.05, 4.69) is 31.1 Å². The highest BCUT2D eigenvalue weighted by molar-refractivity contribution is 6.19. The highest BCUT2D eigenvalue weighted by atomic mass is 19.1. The summed E-state index contributed by atoms with van der Waals surface area (Å²) in [6, 6.07) is 15.2. The number of nitrogen functional groups attached to an aromatic ring is 1. The predicted molar refractivity (Wildman–Crippen MR) is 154 cm³/mol. The summed E-state index contributed by atoms with van der Waals surface area (Å²) < 4.78 is 13.2. The first-order valence-corrected chi connectivity index (χ1v) is 12.0. The van der Waals surface area contributed by atoms with Crippen LogP contribution in [-0.2, 0) is 11.3 Å². The number of halogens is 1. The number of pyridine rings is 1. The Bertz CT molecular complexity index is 1370. The average molecular weight is 531 g/mol. The van der Waals surface area contributed by atoms with Crippen molar-refractivity contribution in [1.29, 1.82) is 0 Å². The fourth-order valence-electron chi connectivity index (χ4n) is 3.51. The molecule has 10 nitrogen and oxygen atoms in total. The molecule has 0 saturated carbocycles. The van der Waals surface area contributed by atoms with Gasteiger partial charge in [-0.2, -0.15) is 0 Å². The molecule has 1 aromatic heterocycles. The highest BCUT2D eigenvalue weighted by Crippen LogP contribution is 2.28. The Morgan fingerprint density at radius 3 is 2.54 bits per heavy atom. The maximum absolute atomic E-state index is 13.2. The Hall–Kier alpha value is -5.03. The first-order valence-electron chi connectivity index (χ1n) is 12.0. The molecule has 0 aliphatic carbocycles. The Morgan fingerprint density at radius 2 is 1.87 bits per heavy atom. The van der Waals surface area contributed by atoms with Gasteiger partial charge in [-0.15, -0.1) is 0 Å². The van der Waals surface area contributed by atoms with Crippen LogP contribution in [0.25, 0.3) is 22.3 Å². The van der Waals surface area contributed by atoms with E-state index in [9.17, 15) is 9.18 Å². The first-order chi connectivity index (χ1) is 19.0. The van der Waals surface area contributed by atoms with E-state index in [1.54, 1.807) is 49.9 Å². The third kappa shape index (κ3) is 8.23. The van der Waals surface area contributed by atoms with Gasteiger partial charge in [0.25, 0.3) is 5.91 Å². The van der Waals surface area contributed by atoms with Crippen LogP contribution in [0.1, 0.15) is 16.7 Å². The lowest BCUT2D eigenvalue weighted by Gasteiger charge is -2.12. The molecule has 202 valence electrons. The smallest absolute Gasteiger partial charge is 0.271 e. The van der Waals surface area contributed by atoms with Gasteiger partial charge in [-0.3, -0.25) is 25.6 Å². The molecule has 3 rings (SSSR count). The van der Waals surface area contributed by atoms with Crippen LogP contribution < -0.4 is 27.6 Å². The van der Waals surface area contributed by atoms with Gasteiger partial charge in [0.1, 0.15) is 18.0 Å². The fourth-order valence-corrected chi connectivity index (χ4v) is 3.51. The summed E-state index contributed by atoms with van der Waals surface area (Å²) in [5.41, 5.74) is 21.8. The van der Waals surface area contributed by atoms with Gasteiger partial charge < -0.3 is 21.9 Å². The van der Waals surface area contributed by atoms with Crippen LogP contribution in [0.5, 0.6) is 0 Å². The number of aliphatic hydroxyl groups is 1. The van der Waals surface area contributed by atoms with Crippen LogP contribution >= 0.6 is 0 Å². The van der Waals surface area contributed by atoms with Gasteiger partial charge in [-0.25, -0.2) is 9.37 Å². The van der Waals surface area contributed by atoms with Crippen molar-refractivity contribution in [3.63, 3.8) is 0 Å². The van der Waals surface area contributed by atoms with Crippen LogP contribution in [0.15, 0.2) is 83.2 Å². The zero-order valence-electron chi connectivity index (χ0n) is 21.4. The number of hydrazine groups is 1. The summed E-state index contributed by atoms with van der Waals surface area (Å²) in [5.74, 6) is -0.380. The number of allylic oxidation sites excluding steroid dienone is 1. The number of nitrogens with one attached hydrogen (secondary N) is 3. The lowest BCUT2D eigenvalue weighted by Crippen LogP contribution is -2.37. The number of benzene rings is 2. The molecule has 0 aliphatic heterocycles. The van der Waals surface area contributed by atoms with Crippen LogP contribution in [-0.4, -0.2) is 48.8 Å². The van der Waals surface area contributed by atoms with E-state index in [-0.39, 0.29) is 19.0 Å². The molecule has 0 unspecified atom stereocenters. The van der Waals surface area contributed by atoms with Gasteiger partial charge in [0, 0.05) is 55.1 Å². The van der Waals surface area contributed by atoms with Crippen LogP contribution in [0.2, 0.25) is 0 Å². The number of nitrogens with two attached hydrogens (primary N) is 2. The monoisotopic (exact) mass is 530 g/mol. The van der Waals surface area contributed by atoms with Crippen molar-refractivity contribution in [2.75, 3.05) is 25.9 Å². The summed E-state index contributed by atoms with van der Waals surface area (Å²) >= 11 is 0. The summed E-state index contributed by atoms with van der Waals surface area (Å²) in [4.78, 5) is 25.1. The number of carbonyl (C=O) groups is 1. The maximum Gasteiger partial charge on any atom is 0.271 e. The van der Waals surface area contributed by atoms with Crippen molar-refractivity contribution in [3.8, 4) is 11.1 Å². The molecule has 0 spiro atoms. The van der Waals surface area contributed by atoms with Crippen LogP contribution in [0, 0.1) is 5.82 Å². The molecule has 11 heteroatoms. The summed E-state index contributed by atoms with van der Waals surface area (Å²) in [7, 11) is 1.57. The highest BCUT2D eigenvalue weighted by Gasteiger charge is 2.13. The van der Waals surface area contributed by atoms with E-state index in [1.165, 1.54) is 24.7 Å². The average Bonchev–Trinajstić information content (AvgIpc) is 2.95. The first kappa shape index (κ1) is 28.5. The van der Waals surface area contributed by atoms with Crippen molar-refractivity contribution < 1.29 is 14.3 Å². The van der Waals surface area contributed by atoms with Gasteiger partial charge in [0.05, 0.1) is 18.7 Å². The van der Waals surface area contributed by atoms with E-state index in [0.717, 1.165) is 11.1 Å². The molecule has 1 amide bonds. The summed E-state index contributed by atoms with van der Waals surface area (Å²) in [5, 5.41) is 12.1. The maximum atomic E-state index is 13.2. The fraction of sp³-hybridized carbons (Fsp3) is 0.143. The minimum Gasteiger partial charge on any atom is -0.404 e. The zero-order chi connectivity index (χ0) is 28.0. The number of carbonyl (C=O) groups excluding carboxylic acids is 1. The largest absolute Gasteiger partial charge is 0.404 e. The van der Waals surface area contributed by atoms with E-state index < -0.39 is 5.91 Å². The lowest BCUT2D eigenvalue weighted by atomic mass is 9.98. The van der Waals surface area contributed by atoms with Crippen LogP contribution in [0.3, 0.4) is 0 Å². The van der Waals surface area contributed by atoms with Crippen LogP contribution in [0.4, 0.5) is 10.2 Å². The number of hydrogen-bond donors (Lipinski definition) is 6. The second-order valence-electron chi connectivity index (χ2n) is 8.17. The Morgan fingerprint density at radius 1 is 1.13 bits per heavy atom. The molecule has 0 fully saturated rings. The number of amides is 1. The van der Waals surface area contributed by atoms with E-state index in [0.29, 0.717) is 40.2 Å². The zero-order valence-corrected chi connectivity index (χ0v) is 21.4. The topological polar surface area (TPSA) is 163 Å². The minimum absolute atomic E-state index is 0.0651. The number of rotatable bonds is 12. The van der Waals surface area contributed by atoms with Crippen molar-refractivity contribution in [3.05, 3.63) is 95.7 Å². The number of aromatic nitrogens is 1. The van der Waals surface area contributed by atoms with Crippen molar-refractivity contribution in [1.82, 2.24) is 21.2 Å². The molecular formula is C28H31FN8O2. The van der Waals surface area contributed by atoms with Gasteiger partial charge in [0.15, 0.2) is 0 Å². The Kier molecular flexibility index (Phi) is 10.7. The number of nitrogens with zero attached hydrogens (tertiary/aromatic N) is 3. The third-order valence-corrected chi connectivity index (χ3v) is 5.49. The summed E-state index contributed by atoms with van der Waals surface area (Å²) in [6.07, 6.45) is 7.53. The van der Waals surface area contributed by atoms with Crippen molar-refractivity contribution in [2.24, 2.45) is 15.7 Å². The lowest BCUT2D eigenvalue weighted by molar-refractivity contribution is -0.116. The molecule has 0 radical (unpaired) electrons. The van der Waals surface area contributed by atoms with E-state index >= 15 is 0 Å². The molecule has 3 aromatic rings. The van der Waals surface area contributed by atoms with E-state index in [4.69, 9.17) is 16.6 Å². The Balaban J connectivity index is 1.87. The Labute approximate surface area is 226 Å². The van der Waals surface area contributed by atoms with Gasteiger partial charge in [0.2, 0.25) is 0 Å². The second-order valence-corrected chi connectivity index (χ2v) is 8.17. The third-order valence-electron chi connectivity index (χ3n) is 5.49. The second kappa shape index (κ2) is 14.6. The molecule has 0 saturated heterocycles. The molecule has 0 atom stereocenters. The molecule has 0 aliphatic rings. The van der Waals surface area contributed by atoms with Crippen molar-refractivity contribution in [2.45, 2.75) is 6.54 Å². The summed E-state index contributed by atoms with van der Waals surface area (Å²) in [6.45, 7) is 0.591. The molecule has 0 bridgehead atoms. The van der Waals surface area contributed by atoms with E-state index in [1.807, 2.05) is 18.2 Å². The van der Waals surface area contributed by atoms with Crippen molar-refractivity contribution >= 4 is 35.4 Å². The molecule has 1 heterocycles. The number of hydrogen-bond acceptors (Lipinski definition) is 8. The minimum atomic E-state index is -0.391.